The van der Waals surface area contributed by atoms with E-state index in [-0.39, 0.29) is 23.7 Å². The van der Waals surface area contributed by atoms with E-state index >= 15 is 0 Å². The second-order valence-corrected chi connectivity index (χ2v) is 7.71. The van der Waals surface area contributed by atoms with Crippen LogP contribution < -0.4 is 14.8 Å². The van der Waals surface area contributed by atoms with Crippen LogP contribution in [-0.2, 0) is 4.79 Å². The summed E-state index contributed by atoms with van der Waals surface area (Å²) in [6.07, 6.45) is 2.08. The molecule has 0 bridgehead atoms. The Balaban J connectivity index is 1.57. The lowest BCUT2D eigenvalue weighted by Crippen LogP contribution is -2.36. The Morgan fingerprint density at radius 3 is 2.34 bits per heavy atom. The zero-order valence-electron chi connectivity index (χ0n) is 16.8. The Kier molecular flexibility index (Phi) is 5.43. The zero-order valence-corrected chi connectivity index (χ0v) is 16.8. The van der Waals surface area contributed by atoms with E-state index in [2.05, 4.69) is 5.32 Å². The van der Waals surface area contributed by atoms with Crippen molar-refractivity contribution in [1.29, 1.82) is 0 Å². The van der Waals surface area contributed by atoms with Crippen molar-refractivity contribution in [2.24, 2.45) is 5.92 Å². The van der Waals surface area contributed by atoms with Gasteiger partial charge in [-0.05, 0) is 54.8 Å². The van der Waals surface area contributed by atoms with Crippen molar-refractivity contribution in [3.8, 4) is 11.5 Å². The van der Waals surface area contributed by atoms with Gasteiger partial charge >= 0.3 is 0 Å². The highest BCUT2D eigenvalue weighted by Gasteiger charge is 2.42. The highest BCUT2D eigenvalue weighted by atomic mass is 16.5. The van der Waals surface area contributed by atoms with Gasteiger partial charge in [-0.3, -0.25) is 9.59 Å². The molecule has 2 aromatic rings. The number of nitrogens with one attached hydrogen (secondary N) is 1. The molecular weight excluding hydrogens is 368 g/mol. The molecule has 2 amide bonds. The number of carbonyl (C=O) groups is 2. The van der Waals surface area contributed by atoms with Gasteiger partial charge in [-0.25, -0.2) is 0 Å². The summed E-state index contributed by atoms with van der Waals surface area (Å²) in [6.45, 7) is 0.909. The van der Waals surface area contributed by atoms with E-state index < -0.39 is 0 Å². The molecule has 0 aromatic heterocycles. The van der Waals surface area contributed by atoms with Crippen LogP contribution in [-0.4, -0.2) is 50.1 Å². The maximum Gasteiger partial charge on any atom is 0.253 e. The van der Waals surface area contributed by atoms with Gasteiger partial charge in [0.05, 0.1) is 20.1 Å². The van der Waals surface area contributed by atoms with Crippen molar-refractivity contribution in [3.05, 3.63) is 59.7 Å². The van der Waals surface area contributed by atoms with Crippen LogP contribution in [0.3, 0.4) is 0 Å². The third kappa shape index (κ3) is 4.21. The summed E-state index contributed by atoms with van der Waals surface area (Å²) in [6, 6.07) is 15.2. The van der Waals surface area contributed by atoms with Crippen LogP contribution in [0, 0.1) is 5.92 Å². The first kappa shape index (κ1) is 19.3. The number of methoxy groups -OCH3 is 2. The Hall–Kier alpha value is -3.02. The molecule has 1 saturated heterocycles. The first-order valence-corrected chi connectivity index (χ1v) is 9.96. The summed E-state index contributed by atoms with van der Waals surface area (Å²) < 4.78 is 10.5. The summed E-state index contributed by atoms with van der Waals surface area (Å²) in [5, 5.41) is 3.11. The molecule has 0 radical (unpaired) electrons. The number of nitrogens with zero attached hydrogens (tertiary/aromatic N) is 1. The number of amides is 2. The Labute approximate surface area is 170 Å². The minimum absolute atomic E-state index is 0.0327. The maximum atomic E-state index is 13.1. The van der Waals surface area contributed by atoms with Gasteiger partial charge in [0.2, 0.25) is 5.91 Å². The van der Waals surface area contributed by atoms with E-state index in [1.54, 1.807) is 43.4 Å². The average molecular weight is 394 g/mol. The quantitative estimate of drug-likeness (QED) is 0.818. The first-order chi connectivity index (χ1) is 14.1. The molecule has 1 saturated carbocycles. The van der Waals surface area contributed by atoms with Gasteiger partial charge in [0.15, 0.2) is 0 Å². The predicted molar refractivity (Wildman–Crippen MR) is 109 cm³/mol. The number of likely N-dealkylation sites (tertiary alicyclic amines) is 1. The van der Waals surface area contributed by atoms with Crippen molar-refractivity contribution < 1.29 is 19.1 Å². The van der Waals surface area contributed by atoms with Gasteiger partial charge in [0.25, 0.3) is 5.91 Å². The van der Waals surface area contributed by atoms with Gasteiger partial charge in [-0.15, -0.1) is 0 Å². The molecule has 0 unspecified atom stereocenters. The fraction of sp³-hybridized carbons (Fsp3) is 0.391. The van der Waals surface area contributed by atoms with Crippen LogP contribution in [0.5, 0.6) is 11.5 Å². The highest BCUT2D eigenvalue weighted by Crippen LogP contribution is 2.36. The van der Waals surface area contributed by atoms with Crippen molar-refractivity contribution in [1.82, 2.24) is 10.2 Å². The minimum Gasteiger partial charge on any atom is -0.497 e. The number of carbonyl (C=O) groups excluding carboxylic acids is 2. The minimum atomic E-state index is -0.273. The number of rotatable bonds is 6. The second kappa shape index (κ2) is 8.15. The third-order valence-corrected chi connectivity index (χ3v) is 5.73. The predicted octanol–water partition coefficient (Wildman–Crippen LogP) is 2.84. The largest absolute Gasteiger partial charge is 0.497 e. The molecule has 1 aliphatic carbocycles. The number of hydrogen-bond acceptors (Lipinski definition) is 4. The monoisotopic (exact) mass is 394 g/mol. The molecule has 152 valence electrons. The Morgan fingerprint density at radius 2 is 1.69 bits per heavy atom. The summed E-state index contributed by atoms with van der Waals surface area (Å²) in [7, 11) is 3.23. The van der Waals surface area contributed by atoms with Crippen LogP contribution in [0.2, 0.25) is 0 Å². The molecule has 1 N–H and O–H groups in total. The van der Waals surface area contributed by atoms with Crippen molar-refractivity contribution >= 4 is 11.8 Å². The summed E-state index contributed by atoms with van der Waals surface area (Å²) in [5.74, 6) is 1.09. The highest BCUT2D eigenvalue weighted by molar-refractivity contribution is 5.95. The van der Waals surface area contributed by atoms with Gasteiger partial charge in [-0.2, -0.15) is 0 Å². The zero-order chi connectivity index (χ0) is 20.4. The third-order valence-electron chi connectivity index (χ3n) is 5.73. The van der Waals surface area contributed by atoms with Crippen LogP contribution in [0.1, 0.15) is 34.7 Å². The van der Waals surface area contributed by atoms with E-state index in [1.165, 1.54) is 0 Å². The van der Waals surface area contributed by atoms with Gasteiger partial charge in [-0.1, -0.05) is 12.1 Å². The van der Waals surface area contributed by atoms with Crippen molar-refractivity contribution in [2.45, 2.75) is 24.8 Å². The summed E-state index contributed by atoms with van der Waals surface area (Å²) in [5.41, 5.74) is 1.61. The van der Waals surface area contributed by atoms with E-state index in [1.807, 2.05) is 24.3 Å². The molecule has 6 heteroatoms. The van der Waals surface area contributed by atoms with Crippen LogP contribution in [0.25, 0.3) is 0 Å². The SMILES string of the molecule is COc1ccc(C(=O)N2C[C@@H](C(=O)NC3CC3)[C@H](c3cccc(OC)c3)C2)cc1. The van der Waals surface area contributed by atoms with Crippen LogP contribution in [0.4, 0.5) is 0 Å². The lowest BCUT2D eigenvalue weighted by molar-refractivity contribution is -0.125. The molecule has 2 atom stereocenters. The standard InChI is InChI=1S/C23H26N2O4/c1-28-18-10-6-15(7-11-18)23(27)25-13-20(16-4-3-5-19(12-16)29-2)21(14-25)22(26)24-17-8-9-17/h3-7,10-12,17,20-21H,8-9,13-14H2,1-2H3,(H,24,26)/t20-,21+/m0/s1. The molecule has 6 nitrogen and oxygen atoms in total. The van der Waals surface area contributed by atoms with Gasteiger partial charge < -0.3 is 19.7 Å². The van der Waals surface area contributed by atoms with Gasteiger partial charge in [0, 0.05) is 30.6 Å². The molecule has 1 heterocycles. The molecule has 29 heavy (non-hydrogen) atoms. The molecular formula is C23H26N2O4. The lowest BCUT2D eigenvalue weighted by Gasteiger charge is -2.18. The average Bonchev–Trinajstić information content (AvgIpc) is 3.46. The molecule has 0 spiro atoms. The molecule has 2 aliphatic rings. The van der Waals surface area contributed by atoms with Gasteiger partial charge in [0.1, 0.15) is 11.5 Å². The number of benzene rings is 2. The fourth-order valence-corrected chi connectivity index (χ4v) is 3.90. The summed E-state index contributed by atoms with van der Waals surface area (Å²) >= 11 is 0. The number of ether oxygens (including phenoxy) is 2. The van der Waals surface area contributed by atoms with Crippen LogP contribution >= 0.6 is 0 Å². The van der Waals surface area contributed by atoms with E-state index in [9.17, 15) is 9.59 Å². The second-order valence-electron chi connectivity index (χ2n) is 7.71. The molecule has 1 aliphatic heterocycles. The maximum absolute atomic E-state index is 13.1. The lowest BCUT2D eigenvalue weighted by atomic mass is 9.88. The fourth-order valence-electron chi connectivity index (χ4n) is 3.90. The number of hydrogen-bond donors (Lipinski definition) is 1. The van der Waals surface area contributed by atoms with Crippen LogP contribution in [0.15, 0.2) is 48.5 Å². The summed E-state index contributed by atoms with van der Waals surface area (Å²) in [4.78, 5) is 27.8. The Morgan fingerprint density at radius 1 is 0.966 bits per heavy atom. The molecule has 2 fully saturated rings. The first-order valence-electron chi connectivity index (χ1n) is 9.96. The topological polar surface area (TPSA) is 67.9 Å². The van der Waals surface area contributed by atoms with E-state index in [0.717, 1.165) is 24.2 Å². The van der Waals surface area contributed by atoms with Crippen molar-refractivity contribution in [2.75, 3.05) is 27.3 Å². The normalized spacial score (nSPS) is 21.0. The smallest absolute Gasteiger partial charge is 0.253 e. The van der Waals surface area contributed by atoms with E-state index in [0.29, 0.717) is 30.4 Å². The van der Waals surface area contributed by atoms with E-state index in [4.69, 9.17) is 9.47 Å². The Bertz CT molecular complexity index is 892. The van der Waals surface area contributed by atoms with Crippen molar-refractivity contribution in [3.63, 3.8) is 0 Å². The molecule has 2 aromatic carbocycles. The molecule has 4 rings (SSSR count).